The Hall–Kier alpha value is -2.44. The highest BCUT2D eigenvalue weighted by molar-refractivity contribution is 5.98. The number of nitrogens with zero attached hydrogens (tertiary/aromatic N) is 2. The van der Waals surface area contributed by atoms with Crippen LogP contribution in [0.2, 0.25) is 0 Å². The summed E-state index contributed by atoms with van der Waals surface area (Å²) in [6, 6.07) is 15.2. The summed E-state index contributed by atoms with van der Waals surface area (Å²) < 4.78 is 10.3. The standard InChI is InChI=1S/C21H28N4O2.2ClH/c1-26-18-10-6-16(7-11-18)20(22)24-14-4-3-5-15-25-21(23)17-8-12-19(27-2)13-9-17;;/h6-13H,3-5,14-15H2,1-2H3,(H2,22,24)(H2,23,25);2*1H. The molecule has 160 valence electrons. The first-order chi connectivity index (χ1) is 13.1. The molecule has 2 aromatic carbocycles. The topological polar surface area (TPSA) is 95.2 Å². The van der Waals surface area contributed by atoms with Crippen molar-refractivity contribution in [3.63, 3.8) is 0 Å². The molecule has 0 saturated heterocycles. The van der Waals surface area contributed by atoms with Crippen LogP contribution in [0.25, 0.3) is 0 Å². The predicted octanol–water partition coefficient (Wildman–Crippen LogP) is 3.83. The van der Waals surface area contributed by atoms with Gasteiger partial charge in [0.25, 0.3) is 0 Å². The Balaban J connectivity index is 0.00000392. The first kappa shape index (κ1) is 26.6. The van der Waals surface area contributed by atoms with Crippen molar-refractivity contribution in [2.75, 3.05) is 27.3 Å². The van der Waals surface area contributed by atoms with Gasteiger partial charge >= 0.3 is 0 Å². The van der Waals surface area contributed by atoms with Crippen LogP contribution >= 0.6 is 24.8 Å². The van der Waals surface area contributed by atoms with E-state index in [0.717, 1.165) is 41.9 Å². The van der Waals surface area contributed by atoms with Crippen LogP contribution in [-0.4, -0.2) is 39.0 Å². The number of rotatable bonds is 10. The number of amidine groups is 2. The second kappa shape index (κ2) is 14.5. The molecule has 0 aromatic heterocycles. The summed E-state index contributed by atoms with van der Waals surface area (Å²) in [5, 5.41) is 0. The van der Waals surface area contributed by atoms with Crippen molar-refractivity contribution in [3.05, 3.63) is 59.7 Å². The molecular weight excluding hydrogens is 411 g/mol. The third-order valence-electron chi connectivity index (χ3n) is 4.15. The zero-order valence-corrected chi connectivity index (χ0v) is 18.5. The van der Waals surface area contributed by atoms with Gasteiger partial charge in [0.15, 0.2) is 0 Å². The summed E-state index contributed by atoms with van der Waals surface area (Å²) in [6.07, 6.45) is 2.96. The van der Waals surface area contributed by atoms with E-state index in [1.54, 1.807) is 14.2 Å². The normalized spacial score (nSPS) is 11.2. The van der Waals surface area contributed by atoms with Gasteiger partial charge in [0.2, 0.25) is 0 Å². The lowest BCUT2D eigenvalue weighted by molar-refractivity contribution is 0.414. The van der Waals surface area contributed by atoms with Gasteiger partial charge in [-0.25, -0.2) is 0 Å². The van der Waals surface area contributed by atoms with Crippen LogP contribution in [0.4, 0.5) is 0 Å². The van der Waals surface area contributed by atoms with Gasteiger partial charge in [-0.1, -0.05) is 0 Å². The fourth-order valence-corrected chi connectivity index (χ4v) is 2.51. The van der Waals surface area contributed by atoms with Crippen LogP contribution in [-0.2, 0) is 0 Å². The molecular formula is C21H30Cl2N4O2. The minimum Gasteiger partial charge on any atom is -0.497 e. The van der Waals surface area contributed by atoms with Crippen molar-refractivity contribution in [1.29, 1.82) is 0 Å². The highest BCUT2D eigenvalue weighted by atomic mass is 35.5. The minimum absolute atomic E-state index is 0. The summed E-state index contributed by atoms with van der Waals surface area (Å²) in [5.74, 6) is 2.72. The fourth-order valence-electron chi connectivity index (χ4n) is 2.51. The Kier molecular flexibility index (Phi) is 13.3. The zero-order valence-electron chi connectivity index (χ0n) is 16.8. The number of aliphatic imine (C=N–C) groups is 2. The lowest BCUT2D eigenvalue weighted by Crippen LogP contribution is -2.14. The summed E-state index contributed by atoms with van der Waals surface area (Å²) in [4.78, 5) is 8.86. The number of nitrogens with two attached hydrogens (primary N) is 2. The highest BCUT2D eigenvalue weighted by Crippen LogP contribution is 2.12. The number of unbranched alkanes of at least 4 members (excludes halogenated alkanes) is 2. The minimum atomic E-state index is 0. The number of benzene rings is 2. The average Bonchev–Trinajstić information content (AvgIpc) is 2.72. The highest BCUT2D eigenvalue weighted by Gasteiger charge is 2.00. The fraction of sp³-hybridized carbons (Fsp3) is 0.333. The van der Waals surface area contributed by atoms with Crippen molar-refractivity contribution in [2.24, 2.45) is 21.5 Å². The van der Waals surface area contributed by atoms with Crippen molar-refractivity contribution >= 4 is 36.5 Å². The lowest BCUT2D eigenvalue weighted by Gasteiger charge is -2.04. The van der Waals surface area contributed by atoms with Gasteiger partial charge in [-0.05, 0) is 67.8 Å². The smallest absolute Gasteiger partial charge is 0.125 e. The van der Waals surface area contributed by atoms with Crippen molar-refractivity contribution in [3.8, 4) is 11.5 Å². The van der Waals surface area contributed by atoms with E-state index in [-0.39, 0.29) is 24.8 Å². The Labute approximate surface area is 185 Å². The van der Waals surface area contributed by atoms with E-state index in [9.17, 15) is 0 Å². The molecule has 0 fully saturated rings. The van der Waals surface area contributed by atoms with Gasteiger partial charge < -0.3 is 20.9 Å². The van der Waals surface area contributed by atoms with Gasteiger partial charge in [0, 0.05) is 24.2 Å². The average molecular weight is 441 g/mol. The summed E-state index contributed by atoms with van der Waals surface area (Å²) in [5.41, 5.74) is 13.8. The molecule has 6 nitrogen and oxygen atoms in total. The Bertz CT molecular complexity index is 698. The van der Waals surface area contributed by atoms with Crippen molar-refractivity contribution < 1.29 is 9.47 Å². The van der Waals surface area contributed by atoms with Gasteiger partial charge in [0.05, 0.1) is 14.2 Å². The summed E-state index contributed by atoms with van der Waals surface area (Å²) in [6.45, 7) is 1.41. The van der Waals surface area contributed by atoms with Crippen LogP contribution < -0.4 is 20.9 Å². The SMILES string of the molecule is COc1ccc(C(N)=NCCCCCN=C(N)c2ccc(OC)cc2)cc1.Cl.Cl. The van der Waals surface area contributed by atoms with E-state index in [1.165, 1.54) is 0 Å². The molecule has 0 spiro atoms. The summed E-state index contributed by atoms with van der Waals surface area (Å²) in [7, 11) is 3.28. The molecule has 0 bridgehead atoms. The molecule has 8 heteroatoms. The number of hydrogen-bond donors (Lipinski definition) is 2. The van der Waals surface area contributed by atoms with Crippen LogP contribution in [0, 0.1) is 0 Å². The summed E-state index contributed by atoms with van der Waals surface area (Å²) >= 11 is 0. The second-order valence-corrected chi connectivity index (χ2v) is 6.05. The predicted molar refractivity (Wildman–Crippen MR) is 126 cm³/mol. The molecule has 0 aliphatic carbocycles. The molecule has 0 aliphatic heterocycles. The first-order valence-electron chi connectivity index (χ1n) is 9.02. The molecule has 0 unspecified atom stereocenters. The largest absolute Gasteiger partial charge is 0.497 e. The first-order valence-corrected chi connectivity index (χ1v) is 9.02. The molecule has 0 heterocycles. The molecule has 0 aliphatic rings. The van der Waals surface area contributed by atoms with Crippen LogP contribution in [0.1, 0.15) is 30.4 Å². The van der Waals surface area contributed by atoms with Gasteiger partial charge in [0.1, 0.15) is 23.2 Å². The van der Waals surface area contributed by atoms with Crippen molar-refractivity contribution in [1.82, 2.24) is 0 Å². The molecule has 0 saturated carbocycles. The molecule has 2 rings (SSSR count). The van der Waals surface area contributed by atoms with E-state index < -0.39 is 0 Å². The lowest BCUT2D eigenvalue weighted by atomic mass is 10.2. The van der Waals surface area contributed by atoms with Crippen LogP contribution in [0.5, 0.6) is 11.5 Å². The molecule has 0 radical (unpaired) electrons. The third-order valence-corrected chi connectivity index (χ3v) is 4.15. The Morgan fingerprint density at radius 3 is 1.31 bits per heavy atom. The molecule has 0 amide bonds. The van der Waals surface area contributed by atoms with Gasteiger partial charge in [-0.15, -0.1) is 24.8 Å². The maximum atomic E-state index is 6.01. The molecule has 2 aromatic rings. The Morgan fingerprint density at radius 1 is 0.655 bits per heavy atom. The van der Waals surface area contributed by atoms with E-state index in [1.807, 2.05) is 48.5 Å². The van der Waals surface area contributed by atoms with Crippen molar-refractivity contribution in [2.45, 2.75) is 19.3 Å². The van der Waals surface area contributed by atoms with Crippen LogP contribution in [0.15, 0.2) is 58.5 Å². The maximum Gasteiger partial charge on any atom is 0.125 e. The number of halogens is 2. The van der Waals surface area contributed by atoms with E-state index in [0.29, 0.717) is 24.8 Å². The molecule has 0 atom stereocenters. The van der Waals surface area contributed by atoms with Crippen LogP contribution in [0.3, 0.4) is 0 Å². The molecule has 29 heavy (non-hydrogen) atoms. The number of hydrogen-bond acceptors (Lipinski definition) is 4. The number of ether oxygens (including phenoxy) is 2. The third kappa shape index (κ3) is 9.07. The van der Waals surface area contributed by atoms with Gasteiger partial charge in [-0.2, -0.15) is 0 Å². The second-order valence-electron chi connectivity index (χ2n) is 6.05. The monoisotopic (exact) mass is 440 g/mol. The number of methoxy groups -OCH3 is 2. The molecule has 4 N–H and O–H groups in total. The quantitative estimate of drug-likeness (QED) is 0.333. The zero-order chi connectivity index (χ0) is 19.5. The maximum absolute atomic E-state index is 6.01. The Morgan fingerprint density at radius 2 is 1.00 bits per heavy atom. The van der Waals surface area contributed by atoms with E-state index >= 15 is 0 Å². The van der Waals surface area contributed by atoms with E-state index in [4.69, 9.17) is 20.9 Å². The van der Waals surface area contributed by atoms with Gasteiger partial charge in [-0.3, -0.25) is 9.98 Å². The van der Waals surface area contributed by atoms with E-state index in [2.05, 4.69) is 9.98 Å².